The van der Waals surface area contributed by atoms with Gasteiger partial charge >= 0.3 is 0 Å². The van der Waals surface area contributed by atoms with Crippen LogP contribution < -0.4 is 5.43 Å². The molecule has 0 saturated heterocycles. The molecule has 0 spiro atoms. The molecule has 3 heteroatoms. The molecule has 0 atom stereocenters. The Kier molecular flexibility index (Phi) is 9.18. The third kappa shape index (κ3) is 9.01. The van der Waals surface area contributed by atoms with E-state index in [4.69, 9.17) is 0 Å². The third-order valence-corrected chi connectivity index (χ3v) is 3.43. The van der Waals surface area contributed by atoms with Crippen LogP contribution in [0.3, 0.4) is 0 Å². The zero-order chi connectivity index (χ0) is 15.3. The first kappa shape index (κ1) is 17.4. The van der Waals surface area contributed by atoms with Crippen LogP contribution in [0.15, 0.2) is 35.4 Å². The van der Waals surface area contributed by atoms with E-state index in [1.54, 1.807) is 0 Å². The molecule has 0 unspecified atom stereocenters. The van der Waals surface area contributed by atoms with Gasteiger partial charge in [-0.05, 0) is 18.9 Å². The van der Waals surface area contributed by atoms with Crippen molar-refractivity contribution in [1.29, 1.82) is 0 Å². The van der Waals surface area contributed by atoms with E-state index >= 15 is 0 Å². The summed E-state index contributed by atoms with van der Waals surface area (Å²) < 4.78 is 0. The first-order valence-electron chi connectivity index (χ1n) is 8.08. The van der Waals surface area contributed by atoms with Gasteiger partial charge in [0.1, 0.15) is 0 Å². The van der Waals surface area contributed by atoms with Gasteiger partial charge in [0.2, 0.25) is 5.91 Å². The molecule has 0 aliphatic carbocycles. The highest BCUT2D eigenvalue weighted by atomic mass is 16.2. The van der Waals surface area contributed by atoms with Gasteiger partial charge in [0, 0.05) is 18.6 Å². The Balaban J connectivity index is 2.15. The molecular weight excluding hydrogens is 260 g/mol. The van der Waals surface area contributed by atoms with Crippen LogP contribution in [0.5, 0.6) is 0 Å². The lowest BCUT2D eigenvalue weighted by molar-refractivity contribution is -0.121. The summed E-state index contributed by atoms with van der Waals surface area (Å²) in [5.41, 5.74) is 4.79. The maximum Gasteiger partial charge on any atom is 0.240 e. The molecule has 1 rings (SSSR count). The van der Waals surface area contributed by atoms with E-state index in [9.17, 15) is 4.79 Å². The number of carbonyl (C=O) groups is 1. The molecule has 1 aromatic carbocycles. The van der Waals surface area contributed by atoms with Crippen molar-refractivity contribution in [2.24, 2.45) is 5.10 Å². The van der Waals surface area contributed by atoms with Crippen LogP contribution in [-0.4, -0.2) is 11.6 Å². The van der Waals surface area contributed by atoms with Crippen molar-refractivity contribution in [2.75, 3.05) is 0 Å². The highest BCUT2D eigenvalue weighted by molar-refractivity contribution is 5.86. The lowest BCUT2D eigenvalue weighted by atomic mass is 10.1. The third-order valence-electron chi connectivity index (χ3n) is 3.43. The van der Waals surface area contributed by atoms with Gasteiger partial charge in [0.15, 0.2) is 0 Å². The van der Waals surface area contributed by atoms with E-state index in [-0.39, 0.29) is 5.91 Å². The van der Waals surface area contributed by atoms with Crippen LogP contribution in [0.25, 0.3) is 0 Å². The molecule has 1 aromatic rings. The molecule has 0 fully saturated rings. The van der Waals surface area contributed by atoms with Gasteiger partial charge in [0.25, 0.3) is 0 Å². The minimum absolute atomic E-state index is 0.0258. The lowest BCUT2D eigenvalue weighted by Gasteiger charge is -2.03. The number of benzene rings is 1. The van der Waals surface area contributed by atoms with Crippen molar-refractivity contribution in [3.05, 3.63) is 35.9 Å². The monoisotopic (exact) mass is 288 g/mol. The summed E-state index contributed by atoms with van der Waals surface area (Å²) in [6.45, 7) is 4.15. The smallest absolute Gasteiger partial charge is 0.240 e. The van der Waals surface area contributed by atoms with E-state index < -0.39 is 0 Å². The van der Waals surface area contributed by atoms with E-state index in [0.717, 1.165) is 25.0 Å². The summed E-state index contributed by atoms with van der Waals surface area (Å²) in [6, 6.07) is 10.2. The topological polar surface area (TPSA) is 41.5 Å². The van der Waals surface area contributed by atoms with Gasteiger partial charge in [0.05, 0.1) is 0 Å². The number of amides is 1. The van der Waals surface area contributed by atoms with E-state index in [0.29, 0.717) is 6.42 Å². The number of carbonyl (C=O) groups excluding carboxylic acids is 1. The summed E-state index contributed by atoms with van der Waals surface area (Å²) in [4.78, 5) is 11.7. The highest BCUT2D eigenvalue weighted by Gasteiger charge is 2.01. The maximum absolute atomic E-state index is 11.7. The Morgan fingerprint density at radius 1 is 1.05 bits per heavy atom. The molecule has 0 saturated carbocycles. The Labute approximate surface area is 128 Å². The largest absolute Gasteiger partial charge is 0.273 e. The van der Waals surface area contributed by atoms with Gasteiger partial charge in [-0.3, -0.25) is 4.79 Å². The molecule has 3 nitrogen and oxygen atoms in total. The van der Waals surface area contributed by atoms with Crippen molar-refractivity contribution in [3.8, 4) is 0 Å². The molecule has 1 N–H and O–H groups in total. The van der Waals surface area contributed by atoms with Crippen molar-refractivity contribution in [1.82, 2.24) is 5.43 Å². The van der Waals surface area contributed by atoms with Gasteiger partial charge < -0.3 is 0 Å². The van der Waals surface area contributed by atoms with Gasteiger partial charge in [-0.1, -0.05) is 69.4 Å². The second-order valence-electron chi connectivity index (χ2n) is 5.56. The first-order chi connectivity index (χ1) is 10.2. The van der Waals surface area contributed by atoms with Gasteiger partial charge in [-0.25, -0.2) is 5.43 Å². The molecule has 0 aromatic heterocycles. The Hall–Kier alpha value is -1.64. The van der Waals surface area contributed by atoms with Crippen LogP contribution in [-0.2, 0) is 11.2 Å². The van der Waals surface area contributed by atoms with E-state index in [2.05, 4.69) is 29.6 Å². The van der Waals surface area contributed by atoms with Gasteiger partial charge in [-0.2, -0.15) is 5.10 Å². The predicted molar refractivity (Wildman–Crippen MR) is 89.4 cm³/mol. The quantitative estimate of drug-likeness (QED) is 0.385. The predicted octanol–water partition coefficient (Wildman–Crippen LogP) is 4.47. The molecular formula is C18H28N2O. The summed E-state index contributed by atoms with van der Waals surface area (Å²) in [7, 11) is 0. The molecule has 21 heavy (non-hydrogen) atoms. The summed E-state index contributed by atoms with van der Waals surface area (Å²) >= 11 is 0. The van der Waals surface area contributed by atoms with Crippen molar-refractivity contribution < 1.29 is 4.79 Å². The second kappa shape index (κ2) is 11.1. The Morgan fingerprint density at radius 2 is 1.71 bits per heavy atom. The number of hydrazone groups is 1. The van der Waals surface area contributed by atoms with E-state index in [1.807, 2.05) is 25.1 Å². The van der Waals surface area contributed by atoms with E-state index in [1.165, 1.54) is 31.2 Å². The van der Waals surface area contributed by atoms with Gasteiger partial charge in [-0.15, -0.1) is 0 Å². The number of nitrogens with one attached hydrogen (secondary N) is 1. The van der Waals surface area contributed by atoms with Crippen LogP contribution >= 0.6 is 0 Å². The second-order valence-corrected chi connectivity index (χ2v) is 5.56. The van der Waals surface area contributed by atoms with Crippen LogP contribution in [0, 0.1) is 0 Å². The summed E-state index contributed by atoms with van der Waals surface area (Å²) in [6.07, 6.45) is 8.53. The minimum Gasteiger partial charge on any atom is -0.273 e. The zero-order valence-electron chi connectivity index (χ0n) is 13.4. The Bertz CT molecular complexity index is 426. The standard InChI is InChI=1S/C18H28N2O/c1-3-4-5-6-7-11-14-18(21)20-19-16(2)15-17-12-9-8-10-13-17/h8-10,12-13H,3-7,11,14-15H2,1-2H3,(H,20,21). The molecule has 1 amide bonds. The van der Waals surface area contributed by atoms with Crippen LogP contribution in [0.2, 0.25) is 0 Å². The number of hydrogen-bond acceptors (Lipinski definition) is 2. The molecule has 116 valence electrons. The van der Waals surface area contributed by atoms with Crippen molar-refractivity contribution in [3.63, 3.8) is 0 Å². The molecule has 0 radical (unpaired) electrons. The Morgan fingerprint density at radius 3 is 2.43 bits per heavy atom. The SMILES string of the molecule is CCCCCCCCC(=O)NN=C(C)Cc1ccccc1. The average Bonchev–Trinajstić information content (AvgIpc) is 2.50. The molecule has 0 bridgehead atoms. The summed E-state index contributed by atoms with van der Waals surface area (Å²) in [5, 5.41) is 4.16. The molecule has 0 aliphatic heterocycles. The fourth-order valence-corrected chi connectivity index (χ4v) is 2.21. The minimum atomic E-state index is 0.0258. The van der Waals surface area contributed by atoms with Crippen LogP contribution in [0.1, 0.15) is 64.4 Å². The number of unbranched alkanes of at least 4 members (excludes halogenated alkanes) is 5. The zero-order valence-corrected chi connectivity index (χ0v) is 13.4. The summed E-state index contributed by atoms with van der Waals surface area (Å²) in [5.74, 6) is 0.0258. The lowest BCUT2D eigenvalue weighted by Crippen LogP contribution is -2.19. The van der Waals surface area contributed by atoms with Crippen molar-refractivity contribution in [2.45, 2.75) is 65.2 Å². The molecule has 0 heterocycles. The highest BCUT2D eigenvalue weighted by Crippen LogP contribution is 2.06. The number of hydrogen-bond donors (Lipinski definition) is 1. The number of nitrogens with zero attached hydrogens (tertiary/aromatic N) is 1. The first-order valence-corrected chi connectivity index (χ1v) is 8.08. The number of rotatable bonds is 10. The van der Waals surface area contributed by atoms with Crippen molar-refractivity contribution >= 4 is 11.6 Å². The fourth-order valence-electron chi connectivity index (χ4n) is 2.21. The maximum atomic E-state index is 11.7. The fraction of sp³-hybridized carbons (Fsp3) is 0.556. The van der Waals surface area contributed by atoms with Crippen LogP contribution in [0.4, 0.5) is 0 Å². The normalized spacial score (nSPS) is 11.4. The average molecular weight is 288 g/mol. The molecule has 0 aliphatic rings.